The molecule has 0 aliphatic heterocycles. The average Bonchev–Trinajstić information content (AvgIpc) is 3.48. The quantitative estimate of drug-likeness (QED) is 0.0931. The minimum atomic E-state index is -1.21. The third-order valence-electron chi connectivity index (χ3n) is 7.05. The minimum Gasteiger partial charge on any atom is -0.491 e. The second-order valence-electron chi connectivity index (χ2n) is 10.4. The lowest BCUT2D eigenvalue weighted by Gasteiger charge is -2.09. The third kappa shape index (κ3) is 9.60. The number of ketones is 1. The number of carbonyl (C=O) groups excluding carboxylic acids is 1. The molecule has 0 bridgehead atoms. The first-order chi connectivity index (χ1) is 21.5. The van der Waals surface area contributed by atoms with Gasteiger partial charge in [-0.15, -0.1) is 0 Å². The Morgan fingerprint density at radius 1 is 0.977 bits per heavy atom. The van der Waals surface area contributed by atoms with Crippen molar-refractivity contribution in [2.75, 3.05) is 19.8 Å². The Balaban J connectivity index is 1.34. The van der Waals surface area contributed by atoms with E-state index in [-0.39, 0.29) is 12.2 Å². The summed E-state index contributed by atoms with van der Waals surface area (Å²) >= 11 is 0. The van der Waals surface area contributed by atoms with E-state index < -0.39 is 10.8 Å². The highest BCUT2D eigenvalue weighted by molar-refractivity contribution is 7.84. The van der Waals surface area contributed by atoms with Gasteiger partial charge in [-0.05, 0) is 77.6 Å². The zero-order valence-electron chi connectivity index (χ0n) is 25.4. The van der Waals surface area contributed by atoms with Crippen LogP contribution in [0.1, 0.15) is 55.5 Å². The number of nitrogens with zero attached hydrogens (tertiary/aromatic N) is 3. The molecule has 0 spiro atoms. The zero-order chi connectivity index (χ0) is 31.1. The van der Waals surface area contributed by atoms with Gasteiger partial charge in [0.25, 0.3) is 0 Å². The van der Waals surface area contributed by atoms with Gasteiger partial charge in [0.15, 0.2) is 5.78 Å². The van der Waals surface area contributed by atoms with Crippen LogP contribution in [0, 0.1) is 11.3 Å². The molecule has 0 amide bonds. The van der Waals surface area contributed by atoms with E-state index in [1.807, 2.05) is 65.2 Å². The number of unbranched alkanes of at least 4 members (excludes halogenated alkanes) is 1. The molecule has 1 atom stereocenters. The van der Waals surface area contributed by atoms with Gasteiger partial charge >= 0.3 is 0 Å². The van der Waals surface area contributed by atoms with Crippen molar-refractivity contribution in [3.05, 3.63) is 108 Å². The number of carbonyl (C=O) groups is 1. The molecule has 8 heteroatoms. The minimum absolute atomic E-state index is 0.0863. The van der Waals surface area contributed by atoms with Crippen molar-refractivity contribution in [3.63, 3.8) is 0 Å². The summed E-state index contributed by atoms with van der Waals surface area (Å²) in [7, 11) is -1.21. The number of aromatic nitrogens is 2. The molecule has 1 unspecified atom stereocenters. The van der Waals surface area contributed by atoms with Gasteiger partial charge in [-0.3, -0.25) is 9.00 Å². The standard InChI is InChI=1S/C36H39N3O4S/c1-3-5-19-42-20-21-43-35-14-11-29(12-15-35)30-8-9-32(24-37)31(23-30)10-13-34(40)22-28-6-16-36(17-7-28)44(41)26-33-25-38-27-39(33)18-4-2/h6-17,23,25,27H,3-5,18-22,26H2,1-2H3/b13-10+. The summed E-state index contributed by atoms with van der Waals surface area (Å²) in [5.74, 6) is 1.08. The maximum Gasteiger partial charge on any atom is 0.160 e. The van der Waals surface area contributed by atoms with Crippen molar-refractivity contribution in [1.29, 1.82) is 5.26 Å². The Kier molecular flexibility index (Phi) is 12.7. The van der Waals surface area contributed by atoms with E-state index in [1.54, 1.807) is 24.7 Å². The number of hydrogen-bond acceptors (Lipinski definition) is 6. The summed E-state index contributed by atoms with van der Waals surface area (Å²) in [6, 6.07) is 22.9. The third-order valence-corrected chi connectivity index (χ3v) is 8.41. The molecular formula is C36H39N3O4S. The topological polar surface area (TPSA) is 94.2 Å². The fraction of sp³-hybridized carbons (Fsp3) is 0.306. The summed E-state index contributed by atoms with van der Waals surface area (Å²) in [5.41, 5.74) is 4.87. The summed E-state index contributed by atoms with van der Waals surface area (Å²) in [5, 5.41) is 9.64. The molecule has 228 valence electrons. The molecule has 44 heavy (non-hydrogen) atoms. The van der Waals surface area contributed by atoms with E-state index in [9.17, 15) is 14.3 Å². The van der Waals surface area contributed by atoms with Gasteiger partial charge in [-0.1, -0.05) is 56.7 Å². The second-order valence-corrected chi connectivity index (χ2v) is 11.9. The summed E-state index contributed by atoms with van der Waals surface area (Å²) in [6.07, 6.45) is 10.1. The van der Waals surface area contributed by atoms with E-state index in [2.05, 4.69) is 24.9 Å². The number of rotatable bonds is 17. The first-order valence-electron chi connectivity index (χ1n) is 15.0. The molecule has 0 saturated carbocycles. The van der Waals surface area contributed by atoms with E-state index >= 15 is 0 Å². The number of allylic oxidation sites excluding steroid dienone is 1. The fourth-order valence-corrected chi connectivity index (χ4v) is 5.74. The van der Waals surface area contributed by atoms with Crippen LogP contribution >= 0.6 is 0 Å². The Bertz CT molecular complexity index is 1600. The fourth-order valence-electron chi connectivity index (χ4n) is 4.62. The molecule has 0 fully saturated rings. The van der Waals surface area contributed by atoms with E-state index in [0.29, 0.717) is 35.0 Å². The Morgan fingerprint density at radius 2 is 1.75 bits per heavy atom. The van der Waals surface area contributed by atoms with Crippen molar-refractivity contribution in [2.24, 2.45) is 0 Å². The van der Waals surface area contributed by atoms with Crippen LogP contribution in [-0.2, 0) is 39.0 Å². The molecule has 0 aliphatic rings. The largest absolute Gasteiger partial charge is 0.491 e. The van der Waals surface area contributed by atoms with E-state index in [1.165, 1.54) is 6.08 Å². The first-order valence-corrected chi connectivity index (χ1v) is 16.3. The van der Waals surface area contributed by atoms with Crippen molar-refractivity contribution in [3.8, 4) is 22.9 Å². The van der Waals surface area contributed by atoms with Crippen LogP contribution in [0.4, 0.5) is 0 Å². The van der Waals surface area contributed by atoms with Crippen molar-refractivity contribution in [1.82, 2.24) is 9.55 Å². The predicted molar refractivity (Wildman–Crippen MR) is 175 cm³/mol. The van der Waals surface area contributed by atoms with Crippen molar-refractivity contribution >= 4 is 22.7 Å². The number of aryl methyl sites for hydroxylation is 1. The van der Waals surface area contributed by atoms with Gasteiger partial charge in [0.05, 0.1) is 46.8 Å². The van der Waals surface area contributed by atoms with Crippen LogP contribution in [0.3, 0.4) is 0 Å². The number of hydrogen-bond donors (Lipinski definition) is 0. The van der Waals surface area contributed by atoms with Gasteiger partial charge in [0.2, 0.25) is 0 Å². The summed E-state index contributed by atoms with van der Waals surface area (Å²) < 4.78 is 26.2. The molecule has 0 saturated heterocycles. The normalized spacial score (nSPS) is 11.8. The molecule has 0 aliphatic carbocycles. The summed E-state index contributed by atoms with van der Waals surface area (Å²) in [4.78, 5) is 17.7. The SMILES string of the molecule is CCCCOCCOc1ccc(-c2ccc(C#N)c(/C=C/C(=O)Cc3ccc(S(=O)Cc4cncn4CCC)cc3)c2)cc1. The highest BCUT2D eigenvalue weighted by Crippen LogP contribution is 2.26. The van der Waals surface area contributed by atoms with E-state index in [0.717, 1.165) is 60.5 Å². The molecule has 1 heterocycles. The molecule has 1 aromatic heterocycles. The second kappa shape index (κ2) is 17.1. The molecule has 4 aromatic rings. The van der Waals surface area contributed by atoms with Crippen LogP contribution in [0.5, 0.6) is 5.75 Å². The van der Waals surface area contributed by atoms with Gasteiger partial charge in [-0.2, -0.15) is 5.26 Å². The highest BCUT2D eigenvalue weighted by atomic mass is 32.2. The van der Waals surface area contributed by atoms with Crippen molar-refractivity contribution < 1.29 is 18.5 Å². The molecule has 7 nitrogen and oxygen atoms in total. The van der Waals surface area contributed by atoms with Crippen LogP contribution < -0.4 is 4.74 Å². The van der Waals surface area contributed by atoms with Crippen LogP contribution in [0.2, 0.25) is 0 Å². The zero-order valence-corrected chi connectivity index (χ0v) is 26.2. The van der Waals surface area contributed by atoms with Gasteiger partial charge in [0.1, 0.15) is 12.4 Å². The van der Waals surface area contributed by atoms with Gasteiger partial charge in [-0.25, -0.2) is 4.98 Å². The smallest absolute Gasteiger partial charge is 0.160 e. The maximum absolute atomic E-state index is 12.9. The van der Waals surface area contributed by atoms with Crippen LogP contribution in [0.25, 0.3) is 17.2 Å². The van der Waals surface area contributed by atoms with Gasteiger partial charge < -0.3 is 14.0 Å². The molecule has 0 N–H and O–H groups in total. The maximum atomic E-state index is 12.9. The lowest BCUT2D eigenvalue weighted by Crippen LogP contribution is -2.07. The molecular weight excluding hydrogens is 570 g/mol. The number of nitriles is 1. The van der Waals surface area contributed by atoms with E-state index in [4.69, 9.17) is 9.47 Å². The van der Waals surface area contributed by atoms with Crippen molar-refractivity contribution in [2.45, 2.75) is 56.7 Å². The predicted octanol–water partition coefficient (Wildman–Crippen LogP) is 7.16. The molecule has 0 radical (unpaired) electrons. The summed E-state index contributed by atoms with van der Waals surface area (Å²) in [6.45, 7) is 6.89. The first kappa shape index (κ1) is 32.6. The lowest BCUT2D eigenvalue weighted by atomic mass is 9.98. The monoisotopic (exact) mass is 609 g/mol. The Labute approximate surface area is 262 Å². The Hall–Kier alpha value is -4.32. The van der Waals surface area contributed by atoms with Crippen LogP contribution in [0.15, 0.2) is 90.2 Å². The van der Waals surface area contributed by atoms with Crippen LogP contribution in [-0.4, -0.2) is 39.4 Å². The molecule has 4 rings (SSSR count). The number of benzene rings is 3. The number of ether oxygens (including phenoxy) is 2. The highest BCUT2D eigenvalue weighted by Gasteiger charge is 2.10. The average molecular weight is 610 g/mol. The molecule has 3 aromatic carbocycles. The Morgan fingerprint density at radius 3 is 2.48 bits per heavy atom. The number of imidazole rings is 1. The lowest BCUT2D eigenvalue weighted by molar-refractivity contribution is -0.113. The van der Waals surface area contributed by atoms with Gasteiger partial charge in [0, 0.05) is 30.7 Å².